The maximum absolute atomic E-state index is 12.3. The average Bonchev–Trinajstić information content (AvgIpc) is 3.28. The van der Waals surface area contributed by atoms with Crippen LogP contribution in [0.4, 0.5) is 0 Å². The SMILES string of the molecule is CCCCCCC/C=C\C/C=C\CCCCCCCCCCCC(=O)OC(CO)COC(=O)CCCCCCCCCCCCCCCCCCCCCCCCCCCCC. The number of carbonyl (C=O) groups excluding carboxylic acids is 2. The van der Waals surface area contributed by atoms with Gasteiger partial charge in [0.2, 0.25) is 0 Å². The molecule has 0 spiro atoms. The van der Waals surface area contributed by atoms with Crippen molar-refractivity contribution < 1.29 is 24.2 Å². The summed E-state index contributed by atoms with van der Waals surface area (Å²) in [6, 6.07) is 0. The molecule has 0 aromatic carbocycles. The molecule has 0 aliphatic rings. The maximum Gasteiger partial charge on any atom is 0.306 e. The third-order valence-electron chi connectivity index (χ3n) is 12.7. The van der Waals surface area contributed by atoms with E-state index >= 15 is 0 Å². The number of allylic oxidation sites excluding steroid dienone is 4. The molecule has 0 aromatic heterocycles. The fourth-order valence-electron chi connectivity index (χ4n) is 8.53. The Bertz CT molecular complexity index is 943. The Balaban J connectivity index is 3.43. The summed E-state index contributed by atoms with van der Waals surface area (Å²) < 4.78 is 10.7. The summed E-state index contributed by atoms with van der Waals surface area (Å²) in [7, 11) is 0. The molecular weight excluding hydrogens is 765 g/mol. The van der Waals surface area contributed by atoms with Crippen molar-refractivity contribution in [2.75, 3.05) is 13.2 Å². The molecule has 5 nitrogen and oxygen atoms in total. The van der Waals surface area contributed by atoms with E-state index < -0.39 is 6.10 Å². The standard InChI is InChI=1S/C57H108O5/c1-3-5-7-9-11-13-15-17-19-21-23-25-26-27-28-29-30-32-33-35-37-39-41-43-45-47-49-51-56(59)61-54-55(53-58)62-57(60)52-50-48-46-44-42-40-38-36-34-31-24-22-20-18-16-14-12-10-8-6-4-2/h16,18,22,24,55,58H,3-15,17,19-21,23,25-54H2,1-2H3/b18-16-,24-22-. The molecule has 0 saturated carbocycles. The van der Waals surface area contributed by atoms with Crippen LogP contribution < -0.4 is 0 Å². The fourth-order valence-corrected chi connectivity index (χ4v) is 8.53. The number of unbranched alkanes of at least 4 members (excludes halogenated alkanes) is 40. The van der Waals surface area contributed by atoms with Crippen molar-refractivity contribution in [3.8, 4) is 0 Å². The Labute approximate surface area is 387 Å². The van der Waals surface area contributed by atoms with Crippen molar-refractivity contribution in [3.63, 3.8) is 0 Å². The van der Waals surface area contributed by atoms with Crippen LogP contribution in [0.5, 0.6) is 0 Å². The van der Waals surface area contributed by atoms with E-state index in [0.29, 0.717) is 12.8 Å². The van der Waals surface area contributed by atoms with Gasteiger partial charge in [-0.05, 0) is 44.9 Å². The first kappa shape index (κ1) is 60.4. The van der Waals surface area contributed by atoms with Gasteiger partial charge in [-0.3, -0.25) is 9.59 Å². The fraction of sp³-hybridized carbons (Fsp3) is 0.895. The Hall–Kier alpha value is -1.62. The summed E-state index contributed by atoms with van der Waals surface area (Å²) in [6.45, 7) is 4.18. The minimum absolute atomic E-state index is 0.0620. The number of aliphatic hydroxyl groups is 1. The van der Waals surface area contributed by atoms with Gasteiger partial charge in [0.15, 0.2) is 6.10 Å². The van der Waals surface area contributed by atoms with Crippen LogP contribution in [0.25, 0.3) is 0 Å². The third-order valence-corrected chi connectivity index (χ3v) is 12.7. The molecule has 1 unspecified atom stereocenters. The number of esters is 2. The molecular formula is C57H108O5. The van der Waals surface area contributed by atoms with Crippen LogP contribution in [-0.2, 0) is 19.1 Å². The maximum atomic E-state index is 12.3. The number of rotatable bonds is 52. The Morgan fingerprint density at radius 3 is 0.952 bits per heavy atom. The van der Waals surface area contributed by atoms with E-state index in [1.165, 1.54) is 244 Å². The van der Waals surface area contributed by atoms with Gasteiger partial charge in [-0.15, -0.1) is 0 Å². The number of hydrogen-bond acceptors (Lipinski definition) is 5. The highest BCUT2D eigenvalue weighted by atomic mass is 16.6. The lowest BCUT2D eigenvalue weighted by atomic mass is 10.0. The van der Waals surface area contributed by atoms with E-state index in [1.807, 2.05) is 0 Å². The van der Waals surface area contributed by atoms with Crippen molar-refractivity contribution in [2.45, 2.75) is 315 Å². The van der Waals surface area contributed by atoms with Crippen LogP contribution in [-0.4, -0.2) is 36.4 Å². The van der Waals surface area contributed by atoms with Gasteiger partial charge < -0.3 is 14.6 Å². The van der Waals surface area contributed by atoms with Gasteiger partial charge in [-0.2, -0.15) is 0 Å². The monoisotopic (exact) mass is 873 g/mol. The number of ether oxygens (including phenoxy) is 2. The van der Waals surface area contributed by atoms with E-state index in [1.54, 1.807) is 0 Å². The highest BCUT2D eigenvalue weighted by Crippen LogP contribution is 2.17. The topological polar surface area (TPSA) is 72.8 Å². The normalized spacial score (nSPS) is 12.2. The molecule has 1 N–H and O–H groups in total. The molecule has 0 fully saturated rings. The molecule has 0 amide bonds. The first-order valence-corrected chi connectivity index (χ1v) is 27.9. The van der Waals surface area contributed by atoms with Crippen molar-refractivity contribution in [1.82, 2.24) is 0 Å². The Morgan fingerprint density at radius 2 is 0.645 bits per heavy atom. The molecule has 5 heteroatoms. The molecule has 0 aliphatic heterocycles. The molecule has 0 bridgehead atoms. The van der Waals surface area contributed by atoms with Crippen molar-refractivity contribution in [2.24, 2.45) is 0 Å². The Morgan fingerprint density at radius 1 is 0.371 bits per heavy atom. The zero-order chi connectivity index (χ0) is 44.9. The van der Waals surface area contributed by atoms with Crippen molar-refractivity contribution in [1.29, 1.82) is 0 Å². The summed E-state index contributed by atoms with van der Waals surface area (Å²) in [4.78, 5) is 24.5. The summed E-state index contributed by atoms with van der Waals surface area (Å²) in [5.74, 6) is -0.577. The smallest absolute Gasteiger partial charge is 0.306 e. The van der Waals surface area contributed by atoms with Crippen molar-refractivity contribution in [3.05, 3.63) is 24.3 Å². The molecule has 0 aliphatic carbocycles. The first-order valence-electron chi connectivity index (χ1n) is 27.9. The van der Waals surface area contributed by atoms with E-state index in [9.17, 15) is 14.7 Å². The Kier molecular flexibility index (Phi) is 52.3. The summed E-state index contributed by atoms with van der Waals surface area (Å²) in [5.41, 5.74) is 0. The van der Waals surface area contributed by atoms with Crippen LogP contribution in [0.15, 0.2) is 24.3 Å². The lowest BCUT2D eigenvalue weighted by molar-refractivity contribution is -0.161. The van der Waals surface area contributed by atoms with E-state index in [4.69, 9.17) is 9.47 Å². The van der Waals surface area contributed by atoms with Crippen molar-refractivity contribution >= 4 is 11.9 Å². The molecule has 0 heterocycles. The first-order chi connectivity index (χ1) is 30.6. The molecule has 1 atom stereocenters. The molecule has 62 heavy (non-hydrogen) atoms. The second-order valence-corrected chi connectivity index (χ2v) is 19.0. The van der Waals surface area contributed by atoms with Crippen LogP contribution >= 0.6 is 0 Å². The van der Waals surface area contributed by atoms with E-state index in [2.05, 4.69) is 38.2 Å². The van der Waals surface area contributed by atoms with Gasteiger partial charge in [-0.25, -0.2) is 0 Å². The van der Waals surface area contributed by atoms with Gasteiger partial charge in [0.25, 0.3) is 0 Å². The predicted molar refractivity (Wildman–Crippen MR) is 270 cm³/mol. The number of aliphatic hydroxyl groups excluding tert-OH is 1. The van der Waals surface area contributed by atoms with Gasteiger partial charge in [0.1, 0.15) is 6.61 Å². The molecule has 0 radical (unpaired) electrons. The minimum Gasteiger partial charge on any atom is -0.462 e. The number of carbonyl (C=O) groups is 2. The largest absolute Gasteiger partial charge is 0.462 e. The summed E-state index contributed by atoms with van der Waals surface area (Å²) in [5, 5.41) is 9.64. The van der Waals surface area contributed by atoms with Gasteiger partial charge in [0.05, 0.1) is 6.61 Å². The second-order valence-electron chi connectivity index (χ2n) is 19.0. The molecule has 0 rings (SSSR count). The lowest BCUT2D eigenvalue weighted by Crippen LogP contribution is -2.28. The van der Waals surface area contributed by atoms with Crippen LogP contribution in [0.1, 0.15) is 309 Å². The average molecular weight is 873 g/mol. The van der Waals surface area contributed by atoms with Gasteiger partial charge in [0, 0.05) is 12.8 Å². The summed E-state index contributed by atoms with van der Waals surface area (Å²) >= 11 is 0. The van der Waals surface area contributed by atoms with Crippen LogP contribution in [0, 0.1) is 0 Å². The highest BCUT2D eigenvalue weighted by molar-refractivity contribution is 5.70. The molecule has 366 valence electrons. The zero-order valence-corrected chi connectivity index (χ0v) is 41.9. The molecule has 0 aromatic rings. The number of hydrogen-bond donors (Lipinski definition) is 1. The lowest BCUT2D eigenvalue weighted by Gasteiger charge is -2.15. The van der Waals surface area contributed by atoms with Crippen LogP contribution in [0.3, 0.4) is 0 Å². The summed E-state index contributed by atoms with van der Waals surface area (Å²) in [6.07, 6.45) is 67.2. The van der Waals surface area contributed by atoms with Gasteiger partial charge in [-0.1, -0.05) is 276 Å². The molecule has 0 saturated heterocycles. The quantitative estimate of drug-likeness (QED) is 0.0374. The highest BCUT2D eigenvalue weighted by Gasteiger charge is 2.16. The minimum atomic E-state index is -0.771. The zero-order valence-electron chi connectivity index (χ0n) is 41.9. The third kappa shape index (κ3) is 51.0. The van der Waals surface area contributed by atoms with Gasteiger partial charge >= 0.3 is 11.9 Å². The second kappa shape index (κ2) is 53.7. The van der Waals surface area contributed by atoms with E-state index in [0.717, 1.165) is 38.5 Å². The van der Waals surface area contributed by atoms with E-state index in [-0.39, 0.29) is 25.2 Å². The van der Waals surface area contributed by atoms with Crippen LogP contribution in [0.2, 0.25) is 0 Å². The predicted octanol–water partition coefficient (Wildman–Crippen LogP) is 18.5.